The Kier molecular flexibility index (Phi) is 6.54. The number of aryl methyl sites for hydroxylation is 3. The van der Waals surface area contributed by atoms with Crippen LogP contribution in [0.5, 0.6) is 0 Å². The van der Waals surface area contributed by atoms with E-state index in [9.17, 15) is 35.9 Å². The molecule has 0 N–H and O–H groups in total. The Morgan fingerprint density at radius 1 is 0.737 bits per heavy atom. The number of benzene rings is 3. The van der Waals surface area contributed by atoms with Crippen LogP contribution in [0.2, 0.25) is 0 Å². The molecule has 0 saturated heterocycles. The molecule has 10 heteroatoms. The van der Waals surface area contributed by atoms with Crippen molar-refractivity contribution in [1.82, 2.24) is 4.48 Å². The molecule has 3 nitrogen and oxygen atoms in total. The molecule has 0 fully saturated rings. The number of hydrogen-bond acceptors (Lipinski definition) is 2. The molecule has 1 aliphatic heterocycles. The van der Waals surface area contributed by atoms with Crippen LogP contribution < -0.4 is 4.48 Å². The zero-order chi connectivity index (χ0) is 28.3. The number of hydrogen-bond donors (Lipinski definition) is 0. The maximum Gasteiger partial charge on any atom is 0.435 e. The first-order chi connectivity index (χ1) is 17.6. The van der Waals surface area contributed by atoms with Crippen molar-refractivity contribution in [1.29, 1.82) is 0 Å². The van der Waals surface area contributed by atoms with Crippen LogP contribution in [0.3, 0.4) is 0 Å². The average molecular weight is 538 g/mol. The third-order valence-corrected chi connectivity index (χ3v) is 6.94. The number of halogens is 7. The van der Waals surface area contributed by atoms with Gasteiger partial charge >= 0.3 is 29.8 Å². The molecule has 0 spiro atoms. The Morgan fingerprint density at radius 3 is 1.68 bits per heavy atom. The highest BCUT2D eigenvalue weighted by molar-refractivity contribution is 6.30. The molecule has 2 amide bonds. The lowest BCUT2D eigenvalue weighted by Gasteiger charge is -2.34. The van der Waals surface area contributed by atoms with E-state index in [0.717, 1.165) is 5.56 Å². The van der Waals surface area contributed by atoms with Crippen molar-refractivity contribution in [2.45, 2.75) is 51.8 Å². The summed E-state index contributed by atoms with van der Waals surface area (Å²) < 4.78 is 95.3. The van der Waals surface area contributed by atoms with Gasteiger partial charge in [0.2, 0.25) is 0 Å². The minimum absolute atomic E-state index is 0.0604. The predicted octanol–water partition coefficient (Wildman–Crippen LogP) is 7.66. The summed E-state index contributed by atoms with van der Waals surface area (Å²) in [5, 5.41) is 0. The number of quaternary nitrogens is 1. The van der Waals surface area contributed by atoms with E-state index in [1.165, 1.54) is 26.0 Å². The van der Waals surface area contributed by atoms with Crippen molar-refractivity contribution < 1.29 is 40.3 Å². The molecule has 0 bridgehead atoms. The van der Waals surface area contributed by atoms with Gasteiger partial charge in [-0.05, 0) is 44.5 Å². The molecule has 4 rings (SSSR count). The smallest absolute Gasteiger partial charge is 0.224 e. The Hall–Kier alpha value is -3.53. The van der Waals surface area contributed by atoms with Crippen molar-refractivity contribution in [3.8, 4) is 0 Å². The average Bonchev–Trinajstić information content (AvgIpc) is 3.05. The third kappa shape index (κ3) is 3.93. The van der Waals surface area contributed by atoms with Gasteiger partial charge in [0.25, 0.3) is 0 Å². The van der Waals surface area contributed by atoms with E-state index in [2.05, 4.69) is 0 Å². The molecule has 0 unspecified atom stereocenters. The fourth-order valence-electron chi connectivity index (χ4n) is 5.11. The first-order valence-electron chi connectivity index (χ1n) is 11.7. The largest absolute Gasteiger partial charge is 0.435 e. The van der Waals surface area contributed by atoms with Gasteiger partial charge in [-0.15, -0.1) is 0 Å². The Labute approximate surface area is 214 Å². The van der Waals surface area contributed by atoms with Gasteiger partial charge in [0.1, 0.15) is 6.54 Å². The molecule has 0 radical (unpaired) electrons. The second-order valence-corrected chi connectivity index (χ2v) is 9.42. The minimum atomic E-state index is -6.30. The van der Waals surface area contributed by atoms with Crippen molar-refractivity contribution in [2.75, 3.05) is 0 Å². The van der Waals surface area contributed by atoms with E-state index in [1.54, 1.807) is 36.4 Å². The van der Waals surface area contributed by atoms with E-state index < -0.39 is 39.9 Å². The maximum atomic E-state index is 15.0. The molecule has 0 saturated carbocycles. The second-order valence-electron chi connectivity index (χ2n) is 9.42. The summed E-state index contributed by atoms with van der Waals surface area (Å²) in [5.74, 6) is -1.34. The molecule has 200 valence electrons. The van der Waals surface area contributed by atoms with E-state index in [0.29, 0.717) is 17.7 Å². The summed E-state index contributed by atoms with van der Waals surface area (Å²) in [5.41, 5.74) is -6.15. The molecule has 0 aromatic heterocycles. The number of nitrogens with zero attached hydrogens (tertiary/aromatic N) is 1. The standard InChI is InChI=1S/C28H23F7NO2/c1-4-19-14-20(26(29,27(30,31)32)28(33,34)35)13-17(3)23(19)36(15-18-11-9-16(2)10-12-18)24(37)21-7-5-6-8-22(21)25(36)38/h5-14H,4,15H2,1-3H3/q+1. The Bertz CT molecular complexity index is 1370. The van der Waals surface area contributed by atoms with Crippen molar-refractivity contribution in [3.63, 3.8) is 0 Å². The number of alkyl halides is 7. The van der Waals surface area contributed by atoms with E-state index in [4.69, 9.17) is 0 Å². The van der Waals surface area contributed by atoms with Crippen LogP contribution in [0, 0.1) is 13.8 Å². The zero-order valence-electron chi connectivity index (χ0n) is 20.6. The SMILES string of the molecule is CCc1cc(C(F)(C(F)(F)F)C(F)(F)F)cc(C)c1[N+]1(Cc2ccc(C)cc2)C(=O)c2ccccc2C1=O. The van der Waals surface area contributed by atoms with Crippen LogP contribution in [0.25, 0.3) is 0 Å². The fraction of sp³-hybridized carbons (Fsp3) is 0.286. The number of fused-ring (bicyclic) bond motifs is 1. The monoisotopic (exact) mass is 538 g/mol. The van der Waals surface area contributed by atoms with Gasteiger partial charge in [-0.25, -0.2) is 14.0 Å². The molecular formula is C28H23F7NO2+. The molecule has 3 aromatic rings. The molecule has 3 aromatic carbocycles. The molecule has 38 heavy (non-hydrogen) atoms. The van der Waals surface area contributed by atoms with Crippen LogP contribution in [0.1, 0.15) is 55.5 Å². The van der Waals surface area contributed by atoms with E-state index >= 15 is 4.39 Å². The van der Waals surface area contributed by atoms with Crippen molar-refractivity contribution in [3.05, 3.63) is 99.6 Å². The van der Waals surface area contributed by atoms with Crippen LogP contribution in [0.15, 0.2) is 60.7 Å². The first kappa shape index (κ1) is 27.5. The Morgan fingerprint density at radius 2 is 1.24 bits per heavy atom. The van der Waals surface area contributed by atoms with E-state index in [1.807, 2.05) is 6.92 Å². The zero-order valence-corrected chi connectivity index (χ0v) is 20.6. The van der Waals surface area contributed by atoms with Crippen LogP contribution in [0.4, 0.5) is 36.4 Å². The summed E-state index contributed by atoms with van der Waals surface area (Å²) in [7, 11) is 0. The van der Waals surface area contributed by atoms with Crippen LogP contribution in [-0.2, 0) is 18.6 Å². The maximum absolute atomic E-state index is 15.0. The Balaban J connectivity index is 2.04. The summed E-state index contributed by atoms with van der Waals surface area (Å²) in [6.07, 6.45) is -12.8. The summed E-state index contributed by atoms with van der Waals surface area (Å²) in [6.45, 7) is 4.23. The minimum Gasteiger partial charge on any atom is -0.224 e. The highest BCUT2D eigenvalue weighted by atomic mass is 19.4. The second kappa shape index (κ2) is 9.04. The van der Waals surface area contributed by atoms with Crippen molar-refractivity contribution >= 4 is 17.5 Å². The summed E-state index contributed by atoms with van der Waals surface area (Å²) in [4.78, 5) is 27.9. The van der Waals surface area contributed by atoms with Crippen LogP contribution in [-0.4, -0.2) is 24.2 Å². The van der Waals surface area contributed by atoms with Gasteiger partial charge in [-0.1, -0.05) is 48.9 Å². The first-order valence-corrected chi connectivity index (χ1v) is 11.7. The van der Waals surface area contributed by atoms with Crippen LogP contribution >= 0.6 is 0 Å². The topological polar surface area (TPSA) is 34.1 Å². The lowest BCUT2D eigenvalue weighted by atomic mass is 9.88. The number of amides is 2. The quantitative estimate of drug-likeness (QED) is 0.190. The number of carbonyl (C=O) groups excluding carboxylic acids is 2. The van der Waals surface area contributed by atoms with Gasteiger partial charge in [-0.2, -0.15) is 30.8 Å². The van der Waals surface area contributed by atoms with Gasteiger partial charge < -0.3 is 0 Å². The third-order valence-electron chi connectivity index (χ3n) is 6.94. The van der Waals surface area contributed by atoms with Crippen molar-refractivity contribution in [2.24, 2.45) is 0 Å². The fourth-order valence-corrected chi connectivity index (χ4v) is 5.11. The molecular weight excluding hydrogens is 515 g/mol. The van der Waals surface area contributed by atoms with E-state index in [-0.39, 0.29) is 40.9 Å². The summed E-state index contributed by atoms with van der Waals surface area (Å²) in [6, 6.07) is 13.8. The normalized spacial score (nSPS) is 15.6. The number of carbonyl (C=O) groups is 2. The van der Waals surface area contributed by atoms with Gasteiger partial charge in [0.05, 0.1) is 11.1 Å². The highest BCUT2D eigenvalue weighted by Crippen LogP contribution is 2.54. The molecule has 1 aliphatic rings. The number of rotatable bonds is 5. The number of imide groups is 1. The predicted molar refractivity (Wildman–Crippen MR) is 127 cm³/mol. The van der Waals surface area contributed by atoms with Gasteiger partial charge in [-0.3, -0.25) is 0 Å². The van der Waals surface area contributed by atoms with Gasteiger partial charge in [0, 0.05) is 22.3 Å². The lowest BCUT2D eigenvalue weighted by molar-refractivity contribution is -0.348. The molecule has 0 atom stereocenters. The molecule has 0 aliphatic carbocycles. The highest BCUT2D eigenvalue weighted by Gasteiger charge is 2.73. The lowest BCUT2D eigenvalue weighted by Crippen LogP contribution is -2.54. The molecule has 1 heterocycles. The van der Waals surface area contributed by atoms with Gasteiger partial charge in [0.15, 0.2) is 5.69 Å². The summed E-state index contributed by atoms with van der Waals surface area (Å²) >= 11 is 0.